The van der Waals surface area contributed by atoms with E-state index in [9.17, 15) is 24.0 Å². The van der Waals surface area contributed by atoms with Crippen molar-refractivity contribution in [3.8, 4) is 5.69 Å². The Hall–Kier alpha value is -5.22. The third-order valence-electron chi connectivity index (χ3n) is 8.71. The molecular weight excluding hydrogens is 749 g/mol. The van der Waals surface area contributed by atoms with Crippen molar-refractivity contribution in [1.29, 1.82) is 0 Å². The third-order valence-corrected chi connectivity index (χ3v) is 9.14. The number of hydrogen-bond donors (Lipinski definition) is 7. The first kappa shape index (κ1) is 44.2. The van der Waals surface area contributed by atoms with Crippen LogP contribution in [0.25, 0.3) is 5.69 Å². The number of aromatic nitrogens is 3. The Bertz CT molecular complexity index is 1810. The highest BCUT2D eigenvalue weighted by Crippen LogP contribution is 2.22. The Kier molecular flexibility index (Phi) is 16.9. The van der Waals surface area contributed by atoms with Gasteiger partial charge in [-0.15, -0.1) is 5.10 Å². The van der Waals surface area contributed by atoms with Gasteiger partial charge in [0.15, 0.2) is 5.96 Å². The van der Waals surface area contributed by atoms with Gasteiger partial charge in [-0.05, 0) is 61.8 Å². The zero-order valence-corrected chi connectivity index (χ0v) is 33.2. The highest BCUT2D eigenvalue weighted by Gasteiger charge is 2.34. The predicted molar refractivity (Wildman–Crippen MR) is 211 cm³/mol. The van der Waals surface area contributed by atoms with Gasteiger partial charge in [-0.25, -0.2) is 9.67 Å². The lowest BCUT2D eigenvalue weighted by atomic mass is 9.95. The maximum Gasteiger partial charge on any atom is 0.291 e. The van der Waals surface area contributed by atoms with Gasteiger partial charge < -0.3 is 38.5 Å². The fourth-order valence-electron chi connectivity index (χ4n) is 5.65. The number of guanidine groups is 1. The SMILES string of the molecule is CC[C@H](C)[C@H](NC(=O)[C@H](CC(C)C)NC(=O)[C@H](CCCN=C(N)N)NC(=O)c1nc(C)n(-c2cc(Cl)cc(Cl)c2)n1)C(=O)N[C@@H](Cc1ccccc1)C(N)=O. The minimum Gasteiger partial charge on any atom is -0.370 e. The van der Waals surface area contributed by atoms with E-state index in [0.29, 0.717) is 34.4 Å². The van der Waals surface area contributed by atoms with Crippen LogP contribution in [0, 0.1) is 18.8 Å². The van der Waals surface area contributed by atoms with E-state index in [1.807, 2.05) is 51.1 Å². The smallest absolute Gasteiger partial charge is 0.291 e. The molecule has 5 atom stereocenters. The number of aliphatic imine (C=N–C) groups is 1. The number of rotatable bonds is 20. The van der Waals surface area contributed by atoms with E-state index in [1.165, 1.54) is 4.68 Å². The molecule has 0 spiro atoms. The molecule has 2 aromatic carbocycles. The average molecular weight is 801 g/mol. The molecule has 1 heterocycles. The summed E-state index contributed by atoms with van der Waals surface area (Å²) in [5.41, 5.74) is 17.9. The van der Waals surface area contributed by atoms with E-state index in [-0.39, 0.29) is 49.4 Å². The summed E-state index contributed by atoms with van der Waals surface area (Å²) in [5, 5.41) is 16.0. The fourth-order valence-corrected chi connectivity index (χ4v) is 6.17. The van der Waals surface area contributed by atoms with Gasteiger partial charge in [-0.1, -0.05) is 87.6 Å². The molecule has 16 nitrogen and oxygen atoms in total. The van der Waals surface area contributed by atoms with Crippen molar-refractivity contribution >= 4 is 58.7 Å². The first-order valence-electron chi connectivity index (χ1n) is 18.0. The van der Waals surface area contributed by atoms with Gasteiger partial charge in [0.25, 0.3) is 5.91 Å². The number of nitrogens with one attached hydrogen (secondary N) is 4. The summed E-state index contributed by atoms with van der Waals surface area (Å²) in [6.45, 7) is 9.20. The Balaban J connectivity index is 1.83. The number of hydrogen-bond acceptors (Lipinski definition) is 8. The van der Waals surface area contributed by atoms with E-state index < -0.39 is 53.7 Å². The molecule has 0 aliphatic heterocycles. The molecule has 0 aliphatic rings. The maximum atomic E-state index is 13.9. The molecule has 0 saturated heterocycles. The number of primary amides is 1. The van der Waals surface area contributed by atoms with E-state index in [2.05, 4.69) is 36.3 Å². The topological polar surface area (TPSA) is 255 Å². The van der Waals surface area contributed by atoms with Crippen LogP contribution in [0.5, 0.6) is 0 Å². The normalized spacial score (nSPS) is 13.8. The quantitative estimate of drug-likeness (QED) is 0.0502. The van der Waals surface area contributed by atoms with Crippen molar-refractivity contribution in [2.45, 2.75) is 90.9 Å². The van der Waals surface area contributed by atoms with Crippen LogP contribution in [0.1, 0.15) is 75.4 Å². The van der Waals surface area contributed by atoms with Crippen molar-refractivity contribution in [3.63, 3.8) is 0 Å². The molecular formula is C37H51Cl2N11O5. The van der Waals surface area contributed by atoms with Gasteiger partial charge in [0, 0.05) is 23.0 Å². The molecule has 3 rings (SSSR count). The van der Waals surface area contributed by atoms with Crippen LogP contribution in [-0.4, -0.2) is 81.0 Å². The van der Waals surface area contributed by atoms with Gasteiger partial charge in [0.2, 0.25) is 29.5 Å². The molecule has 55 heavy (non-hydrogen) atoms. The fraction of sp³-hybridized carbons (Fsp3) is 0.459. The van der Waals surface area contributed by atoms with E-state index in [0.717, 1.165) is 5.56 Å². The van der Waals surface area contributed by atoms with Gasteiger partial charge in [0.05, 0.1) is 5.69 Å². The lowest BCUT2D eigenvalue weighted by Gasteiger charge is -2.29. The van der Waals surface area contributed by atoms with Crippen LogP contribution >= 0.6 is 23.2 Å². The first-order chi connectivity index (χ1) is 26.0. The van der Waals surface area contributed by atoms with Gasteiger partial charge >= 0.3 is 0 Å². The molecule has 0 unspecified atom stereocenters. The number of carbonyl (C=O) groups is 5. The Morgan fingerprint density at radius 3 is 2.04 bits per heavy atom. The molecule has 0 aliphatic carbocycles. The summed E-state index contributed by atoms with van der Waals surface area (Å²) in [6.07, 6.45) is 1.25. The summed E-state index contributed by atoms with van der Waals surface area (Å²) in [4.78, 5) is 75.5. The minimum atomic E-state index is -1.17. The number of benzene rings is 2. The predicted octanol–water partition coefficient (Wildman–Crippen LogP) is 2.31. The number of nitrogens with zero attached hydrogens (tertiary/aromatic N) is 4. The largest absolute Gasteiger partial charge is 0.370 e. The Labute approximate surface area is 330 Å². The molecule has 3 aromatic rings. The van der Waals surface area contributed by atoms with Crippen LogP contribution in [-0.2, 0) is 25.6 Å². The monoisotopic (exact) mass is 799 g/mol. The van der Waals surface area contributed by atoms with Crippen LogP contribution in [0.3, 0.4) is 0 Å². The minimum absolute atomic E-state index is 0.0666. The lowest BCUT2D eigenvalue weighted by molar-refractivity contribution is -0.134. The van der Waals surface area contributed by atoms with E-state index in [1.54, 1.807) is 32.0 Å². The van der Waals surface area contributed by atoms with Crippen LogP contribution in [0.4, 0.5) is 0 Å². The van der Waals surface area contributed by atoms with Gasteiger partial charge in [0.1, 0.15) is 30.0 Å². The number of aryl methyl sites for hydroxylation is 1. The van der Waals surface area contributed by atoms with Crippen LogP contribution < -0.4 is 38.5 Å². The number of nitrogens with two attached hydrogens (primary N) is 3. The molecule has 0 radical (unpaired) electrons. The highest BCUT2D eigenvalue weighted by atomic mass is 35.5. The van der Waals surface area contributed by atoms with Crippen molar-refractivity contribution in [1.82, 2.24) is 36.0 Å². The maximum absolute atomic E-state index is 13.9. The molecule has 18 heteroatoms. The highest BCUT2D eigenvalue weighted by molar-refractivity contribution is 6.34. The zero-order chi connectivity index (χ0) is 40.8. The second kappa shape index (κ2) is 21.0. The summed E-state index contributed by atoms with van der Waals surface area (Å²) in [7, 11) is 0. The van der Waals surface area contributed by atoms with Crippen molar-refractivity contribution in [3.05, 3.63) is 75.8 Å². The summed E-state index contributed by atoms with van der Waals surface area (Å²) >= 11 is 12.3. The summed E-state index contributed by atoms with van der Waals surface area (Å²) in [6, 6.07) is 9.48. The molecule has 298 valence electrons. The molecule has 0 saturated carbocycles. The van der Waals surface area contributed by atoms with Crippen LogP contribution in [0.2, 0.25) is 10.0 Å². The zero-order valence-electron chi connectivity index (χ0n) is 31.6. The molecule has 0 bridgehead atoms. The van der Waals surface area contributed by atoms with Gasteiger partial charge in [-0.2, -0.15) is 0 Å². The Morgan fingerprint density at radius 2 is 1.45 bits per heavy atom. The lowest BCUT2D eigenvalue weighted by Crippen LogP contribution is -2.59. The van der Waals surface area contributed by atoms with Crippen LogP contribution in [0.15, 0.2) is 53.5 Å². The second-order valence-corrected chi connectivity index (χ2v) is 14.6. The number of amides is 5. The van der Waals surface area contributed by atoms with E-state index >= 15 is 0 Å². The third kappa shape index (κ3) is 13.9. The molecule has 10 N–H and O–H groups in total. The standard InChI is InChI=1S/C37H51Cl2N11O5/c1-6-21(4)30(35(54)46-28(31(40)51)16-23-11-8-7-9-12-23)48-34(53)29(15-20(2)3)47-33(52)27(13-10-14-43-37(41)42)45-36(55)32-44-22(5)50(49-32)26-18-24(38)17-25(39)19-26/h7-9,11-12,17-21,27-30H,6,10,13-16H2,1-5H3,(H2,40,51)(H,45,55)(H,46,54)(H,47,52)(H,48,53)(H4,41,42,43)/t21-,27-,28-,29-,30-/m0/s1. The molecule has 5 amide bonds. The van der Waals surface area contributed by atoms with Crippen molar-refractivity contribution in [2.75, 3.05) is 6.54 Å². The Morgan fingerprint density at radius 1 is 0.836 bits per heavy atom. The average Bonchev–Trinajstić information content (AvgIpc) is 3.51. The first-order valence-corrected chi connectivity index (χ1v) is 18.7. The van der Waals surface area contributed by atoms with E-state index in [4.69, 9.17) is 40.4 Å². The number of halogens is 2. The second-order valence-electron chi connectivity index (χ2n) is 13.7. The summed E-state index contributed by atoms with van der Waals surface area (Å²) in [5.74, 6) is -3.79. The van der Waals surface area contributed by atoms with Crippen molar-refractivity contribution < 1.29 is 24.0 Å². The van der Waals surface area contributed by atoms with Gasteiger partial charge in [-0.3, -0.25) is 29.0 Å². The van der Waals surface area contributed by atoms with Crippen molar-refractivity contribution in [2.24, 2.45) is 34.0 Å². The number of carbonyl (C=O) groups excluding carboxylic acids is 5. The summed E-state index contributed by atoms with van der Waals surface area (Å²) < 4.78 is 1.39. The molecule has 1 aromatic heterocycles. The molecule has 0 fully saturated rings.